The van der Waals surface area contributed by atoms with Crippen LogP contribution in [0.2, 0.25) is 0 Å². The summed E-state index contributed by atoms with van der Waals surface area (Å²) in [4.78, 5) is 15.0. The van der Waals surface area contributed by atoms with E-state index >= 15 is 0 Å². The molecule has 1 heterocycles. The molecule has 2 N–H and O–H groups in total. The third-order valence-electron chi connectivity index (χ3n) is 5.39. The fraction of sp³-hybridized carbons (Fsp3) is 0.611. The van der Waals surface area contributed by atoms with E-state index in [2.05, 4.69) is 4.90 Å². The summed E-state index contributed by atoms with van der Waals surface area (Å²) in [6, 6.07) is 10.3. The monoisotopic (exact) mass is 322 g/mol. The summed E-state index contributed by atoms with van der Waals surface area (Å²) < 4.78 is 0. The molecule has 4 atom stereocenters. The Morgan fingerprint density at radius 2 is 1.86 bits per heavy atom. The number of hydrogen-bond acceptors (Lipinski definition) is 2. The van der Waals surface area contributed by atoms with Gasteiger partial charge < -0.3 is 10.6 Å². The Morgan fingerprint density at radius 1 is 1.18 bits per heavy atom. The summed E-state index contributed by atoms with van der Waals surface area (Å²) >= 11 is 0. The van der Waals surface area contributed by atoms with E-state index in [0.717, 1.165) is 24.4 Å². The van der Waals surface area contributed by atoms with Gasteiger partial charge in [-0.1, -0.05) is 43.7 Å². The normalized spacial score (nSPS) is 26.7. The van der Waals surface area contributed by atoms with Crippen LogP contribution < -0.4 is 5.73 Å². The summed E-state index contributed by atoms with van der Waals surface area (Å²) in [6.07, 6.45) is 6.21. The van der Waals surface area contributed by atoms with E-state index in [1.54, 1.807) is 0 Å². The van der Waals surface area contributed by atoms with Crippen LogP contribution in [0.3, 0.4) is 0 Å². The van der Waals surface area contributed by atoms with Crippen LogP contribution in [0, 0.1) is 11.8 Å². The summed E-state index contributed by atoms with van der Waals surface area (Å²) in [5, 5.41) is 0. The van der Waals surface area contributed by atoms with E-state index in [1.165, 1.54) is 25.7 Å². The summed E-state index contributed by atoms with van der Waals surface area (Å²) in [6.45, 7) is 2.91. The number of halogens is 1. The standard InChI is InChI=1S/C18H26N2O.ClH/c1-13(17(19)15-7-3-2-4-8-15)18(21)20-12-6-10-14-9-5-11-16(14)20;/h2-4,7-8,13-14,16-17H,5-6,9-12,19H2,1H3;1H. The Kier molecular flexibility index (Phi) is 5.87. The van der Waals surface area contributed by atoms with Crippen LogP contribution in [0.4, 0.5) is 0 Å². The highest BCUT2D eigenvalue weighted by atomic mass is 35.5. The minimum atomic E-state index is -0.208. The zero-order valence-corrected chi connectivity index (χ0v) is 14.1. The number of hydrogen-bond donors (Lipinski definition) is 1. The van der Waals surface area contributed by atoms with Gasteiger partial charge in [-0.25, -0.2) is 0 Å². The third kappa shape index (κ3) is 3.31. The van der Waals surface area contributed by atoms with Gasteiger partial charge in [0.1, 0.15) is 0 Å². The predicted octanol–water partition coefficient (Wildman–Crippen LogP) is 3.54. The molecule has 0 radical (unpaired) electrons. The number of carbonyl (C=O) groups excluding carboxylic acids is 1. The number of nitrogens with two attached hydrogens (primary N) is 1. The van der Waals surface area contributed by atoms with Crippen molar-refractivity contribution in [3.8, 4) is 0 Å². The topological polar surface area (TPSA) is 46.3 Å². The lowest BCUT2D eigenvalue weighted by Crippen LogP contribution is -2.49. The smallest absolute Gasteiger partial charge is 0.227 e. The van der Waals surface area contributed by atoms with Crippen molar-refractivity contribution in [2.45, 2.75) is 51.1 Å². The highest BCUT2D eigenvalue weighted by Crippen LogP contribution is 2.38. The molecule has 1 aromatic carbocycles. The molecule has 1 saturated heterocycles. The fourth-order valence-electron chi connectivity index (χ4n) is 4.11. The minimum absolute atomic E-state index is 0. The van der Waals surface area contributed by atoms with Gasteiger partial charge in [-0.15, -0.1) is 12.4 Å². The molecule has 4 unspecified atom stereocenters. The van der Waals surface area contributed by atoms with Crippen molar-refractivity contribution in [3.63, 3.8) is 0 Å². The van der Waals surface area contributed by atoms with Crippen molar-refractivity contribution in [2.75, 3.05) is 6.54 Å². The van der Waals surface area contributed by atoms with Crippen LogP contribution in [0.15, 0.2) is 30.3 Å². The number of nitrogens with zero attached hydrogens (tertiary/aromatic N) is 1. The lowest BCUT2D eigenvalue weighted by molar-refractivity contribution is -0.140. The van der Waals surface area contributed by atoms with Crippen molar-refractivity contribution in [2.24, 2.45) is 17.6 Å². The van der Waals surface area contributed by atoms with Crippen molar-refractivity contribution >= 4 is 18.3 Å². The van der Waals surface area contributed by atoms with E-state index in [1.807, 2.05) is 37.3 Å². The first-order valence-corrected chi connectivity index (χ1v) is 8.29. The van der Waals surface area contributed by atoms with E-state index in [4.69, 9.17) is 5.73 Å². The van der Waals surface area contributed by atoms with Gasteiger partial charge in [-0.05, 0) is 37.2 Å². The molecular weight excluding hydrogens is 296 g/mol. The molecular formula is C18H27ClN2O. The largest absolute Gasteiger partial charge is 0.339 e. The molecule has 3 rings (SSSR count). The van der Waals surface area contributed by atoms with Crippen LogP contribution >= 0.6 is 12.4 Å². The molecule has 4 heteroatoms. The minimum Gasteiger partial charge on any atom is -0.339 e. The first kappa shape index (κ1) is 17.3. The van der Waals surface area contributed by atoms with Gasteiger partial charge in [0.05, 0.1) is 5.92 Å². The average Bonchev–Trinajstić information content (AvgIpc) is 3.02. The first-order valence-electron chi connectivity index (χ1n) is 8.29. The molecule has 2 aliphatic rings. The van der Waals surface area contributed by atoms with Gasteiger partial charge >= 0.3 is 0 Å². The Hall–Kier alpha value is -1.06. The molecule has 3 nitrogen and oxygen atoms in total. The van der Waals surface area contributed by atoms with Crippen molar-refractivity contribution < 1.29 is 4.79 Å². The van der Waals surface area contributed by atoms with Crippen LogP contribution in [-0.2, 0) is 4.79 Å². The van der Waals surface area contributed by atoms with Gasteiger partial charge in [-0.2, -0.15) is 0 Å². The second kappa shape index (κ2) is 7.47. The number of likely N-dealkylation sites (tertiary alicyclic amines) is 1. The van der Waals surface area contributed by atoms with Crippen molar-refractivity contribution in [1.82, 2.24) is 4.90 Å². The molecule has 1 aliphatic carbocycles. The Balaban J connectivity index is 0.00000176. The molecule has 22 heavy (non-hydrogen) atoms. The number of benzene rings is 1. The number of piperidine rings is 1. The summed E-state index contributed by atoms with van der Waals surface area (Å²) in [5.41, 5.74) is 7.39. The Morgan fingerprint density at radius 3 is 2.59 bits per heavy atom. The lowest BCUT2D eigenvalue weighted by Gasteiger charge is -2.40. The molecule has 2 fully saturated rings. The second-order valence-electron chi connectivity index (χ2n) is 6.66. The molecule has 122 valence electrons. The number of amides is 1. The van der Waals surface area contributed by atoms with E-state index in [-0.39, 0.29) is 30.3 Å². The van der Waals surface area contributed by atoms with E-state index < -0.39 is 0 Å². The SMILES string of the molecule is CC(C(=O)N1CCCC2CCCC21)C(N)c1ccccc1.Cl. The second-order valence-corrected chi connectivity index (χ2v) is 6.66. The van der Waals surface area contributed by atoms with Gasteiger partial charge in [0.25, 0.3) is 0 Å². The first-order chi connectivity index (χ1) is 10.2. The lowest BCUT2D eigenvalue weighted by atomic mass is 9.88. The van der Waals surface area contributed by atoms with Crippen LogP contribution in [0.1, 0.15) is 50.6 Å². The van der Waals surface area contributed by atoms with Gasteiger partial charge in [0.2, 0.25) is 5.91 Å². The van der Waals surface area contributed by atoms with Crippen LogP contribution in [0.5, 0.6) is 0 Å². The highest BCUT2D eigenvalue weighted by molar-refractivity contribution is 5.85. The maximum atomic E-state index is 12.9. The molecule has 1 aromatic rings. The Bertz CT molecular complexity index is 493. The molecule has 0 bridgehead atoms. The van der Waals surface area contributed by atoms with Crippen molar-refractivity contribution in [1.29, 1.82) is 0 Å². The van der Waals surface area contributed by atoms with E-state index in [9.17, 15) is 4.79 Å². The number of carbonyl (C=O) groups is 1. The molecule has 0 aromatic heterocycles. The number of fused-ring (bicyclic) bond motifs is 1. The van der Waals surface area contributed by atoms with Gasteiger partial charge in [0.15, 0.2) is 0 Å². The molecule has 1 amide bonds. The Labute approximate surface area is 139 Å². The van der Waals surface area contributed by atoms with E-state index in [0.29, 0.717) is 6.04 Å². The quantitative estimate of drug-likeness (QED) is 0.925. The zero-order chi connectivity index (χ0) is 14.8. The average molecular weight is 323 g/mol. The van der Waals surface area contributed by atoms with Gasteiger partial charge in [0, 0.05) is 18.6 Å². The zero-order valence-electron chi connectivity index (χ0n) is 13.3. The maximum absolute atomic E-state index is 12.9. The number of rotatable bonds is 3. The third-order valence-corrected chi connectivity index (χ3v) is 5.39. The molecule has 1 saturated carbocycles. The fourth-order valence-corrected chi connectivity index (χ4v) is 4.11. The predicted molar refractivity (Wildman–Crippen MR) is 91.9 cm³/mol. The summed E-state index contributed by atoms with van der Waals surface area (Å²) in [7, 11) is 0. The molecule has 0 spiro atoms. The van der Waals surface area contributed by atoms with Crippen molar-refractivity contribution in [3.05, 3.63) is 35.9 Å². The van der Waals surface area contributed by atoms with Crippen LogP contribution in [-0.4, -0.2) is 23.4 Å². The highest BCUT2D eigenvalue weighted by Gasteiger charge is 2.39. The maximum Gasteiger partial charge on any atom is 0.227 e. The van der Waals surface area contributed by atoms with Crippen LogP contribution in [0.25, 0.3) is 0 Å². The molecule has 1 aliphatic heterocycles. The summed E-state index contributed by atoms with van der Waals surface area (Å²) in [5.74, 6) is 0.845. The van der Waals surface area contributed by atoms with Gasteiger partial charge in [-0.3, -0.25) is 4.79 Å².